The van der Waals surface area contributed by atoms with Gasteiger partial charge in [-0.1, -0.05) is 6.07 Å². The fourth-order valence-corrected chi connectivity index (χ4v) is 1.58. The van der Waals surface area contributed by atoms with Gasteiger partial charge in [0.1, 0.15) is 0 Å². The van der Waals surface area contributed by atoms with Crippen molar-refractivity contribution in [3.63, 3.8) is 0 Å². The molecule has 0 unspecified atom stereocenters. The fraction of sp³-hybridized carbons (Fsp3) is 0.417. The summed E-state index contributed by atoms with van der Waals surface area (Å²) < 4.78 is 13.1. The van der Waals surface area contributed by atoms with Gasteiger partial charge in [0.05, 0.1) is 6.54 Å². The van der Waals surface area contributed by atoms with Crippen LogP contribution in [0, 0.1) is 5.82 Å². The molecule has 2 rings (SSSR count). The predicted molar refractivity (Wildman–Crippen MR) is 79.6 cm³/mol. The molecule has 1 saturated carbocycles. The summed E-state index contributed by atoms with van der Waals surface area (Å²) in [5, 5.41) is 9.05. The number of hydrogen-bond donors (Lipinski definition) is 2. The first kappa shape index (κ1) is 15.0. The van der Waals surface area contributed by atoms with Gasteiger partial charge in [-0.05, 0) is 30.5 Å². The van der Waals surface area contributed by atoms with E-state index in [2.05, 4.69) is 4.99 Å². The summed E-state index contributed by atoms with van der Waals surface area (Å²) in [6.45, 7) is 0.320. The highest BCUT2D eigenvalue weighted by Gasteiger charge is 2.27. The first-order valence-electron chi connectivity index (χ1n) is 5.58. The Labute approximate surface area is 123 Å². The summed E-state index contributed by atoms with van der Waals surface area (Å²) in [6, 6.07) is 4.73. The molecule has 0 aliphatic heterocycles. The van der Waals surface area contributed by atoms with E-state index in [0.29, 0.717) is 24.1 Å². The number of phenols is 1. The monoisotopic (exact) mass is 365 g/mol. The van der Waals surface area contributed by atoms with E-state index in [1.807, 2.05) is 11.9 Å². The molecule has 0 bridgehead atoms. The number of hydrogen-bond acceptors (Lipinski definition) is 2. The lowest BCUT2D eigenvalue weighted by Crippen LogP contribution is -2.35. The van der Waals surface area contributed by atoms with Gasteiger partial charge < -0.3 is 15.7 Å². The van der Waals surface area contributed by atoms with E-state index >= 15 is 0 Å². The zero-order valence-electron chi connectivity index (χ0n) is 10.1. The van der Waals surface area contributed by atoms with Crippen LogP contribution in [0.4, 0.5) is 4.39 Å². The van der Waals surface area contributed by atoms with Crippen LogP contribution in [0.2, 0.25) is 0 Å². The topological polar surface area (TPSA) is 61.8 Å². The molecule has 100 valence electrons. The van der Waals surface area contributed by atoms with Crippen LogP contribution in [0.25, 0.3) is 0 Å². The third-order valence-corrected chi connectivity index (χ3v) is 2.89. The average Bonchev–Trinajstić information content (AvgIpc) is 3.13. The van der Waals surface area contributed by atoms with Crippen LogP contribution in [0.5, 0.6) is 5.75 Å². The van der Waals surface area contributed by atoms with Crippen molar-refractivity contribution in [2.75, 3.05) is 7.05 Å². The van der Waals surface area contributed by atoms with Crippen molar-refractivity contribution < 1.29 is 9.50 Å². The average molecular weight is 365 g/mol. The zero-order valence-corrected chi connectivity index (χ0v) is 12.5. The lowest BCUT2D eigenvalue weighted by atomic mass is 10.2. The summed E-state index contributed by atoms with van der Waals surface area (Å²) in [4.78, 5) is 6.14. The number of nitrogens with zero attached hydrogens (tertiary/aromatic N) is 2. The Morgan fingerprint density at radius 1 is 1.56 bits per heavy atom. The van der Waals surface area contributed by atoms with Crippen LogP contribution in [0.15, 0.2) is 23.2 Å². The van der Waals surface area contributed by atoms with Crippen molar-refractivity contribution in [2.24, 2.45) is 10.7 Å². The molecule has 0 saturated heterocycles. The van der Waals surface area contributed by atoms with E-state index in [9.17, 15) is 4.39 Å². The Morgan fingerprint density at radius 3 is 2.78 bits per heavy atom. The van der Waals surface area contributed by atoms with Gasteiger partial charge in [-0.2, -0.15) is 0 Å². The number of benzene rings is 1. The molecule has 1 fully saturated rings. The first-order chi connectivity index (χ1) is 8.08. The fourth-order valence-electron chi connectivity index (χ4n) is 1.58. The van der Waals surface area contributed by atoms with Gasteiger partial charge in [0.2, 0.25) is 0 Å². The summed E-state index contributed by atoms with van der Waals surface area (Å²) >= 11 is 0. The Morgan fingerprint density at radius 2 is 2.22 bits per heavy atom. The first-order valence-corrected chi connectivity index (χ1v) is 5.58. The summed E-state index contributed by atoms with van der Waals surface area (Å²) in [5.41, 5.74) is 6.49. The molecule has 0 atom stereocenters. The minimum absolute atomic E-state index is 0. The van der Waals surface area contributed by atoms with Gasteiger partial charge in [0.15, 0.2) is 17.5 Å². The second-order valence-corrected chi connectivity index (χ2v) is 4.30. The largest absolute Gasteiger partial charge is 0.505 e. The molecule has 6 heteroatoms. The lowest BCUT2D eigenvalue weighted by molar-refractivity contribution is 0.432. The molecule has 0 aromatic heterocycles. The minimum atomic E-state index is -0.633. The van der Waals surface area contributed by atoms with Gasteiger partial charge in [-0.3, -0.25) is 0 Å². The van der Waals surface area contributed by atoms with E-state index in [1.165, 1.54) is 12.1 Å². The molecule has 0 radical (unpaired) electrons. The smallest absolute Gasteiger partial charge is 0.191 e. The van der Waals surface area contributed by atoms with Gasteiger partial charge in [0, 0.05) is 13.1 Å². The molecule has 3 N–H and O–H groups in total. The molecule has 0 spiro atoms. The van der Waals surface area contributed by atoms with Crippen molar-refractivity contribution in [1.82, 2.24) is 4.90 Å². The number of nitrogens with two attached hydrogens (primary N) is 1. The number of halogens is 2. The molecule has 4 nitrogen and oxygen atoms in total. The van der Waals surface area contributed by atoms with Gasteiger partial charge >= 0.3 is 0 Å². The highest BCUT2D eigenvalue weighted by atomic mass is 127. The molecule has 18 heavy (non-hydrogen) atoms. The SMILES string of the molecule is CN(C(N)=NCc1ccc(O)c(F)c1)C1CC1.I. The van der Waals surface area contributed by atoms with Gasteiger partial charge in [-0.25, -0.2) is 9.38 Å². The van der Waals surface area contributed by atoms with Crippen molar-refractivity contribution in [3.05, 3.63) is 29.6 Å². The number of rotatable bonds is 3. The number of guanidine groups is 1. The third kappa shape index (κ3) is 3.72. The molecule has 1 aliphatic carbocycles. The second kappa shape index (κ2) is 6.21. The lowest BCUT2D eigenvalue weighted by Gasteiger charge is -2.16. The van der Waals surface area contributed by atoms with Crippen LogP contribution in [0.1, 0.15) is 18.4 Å². The standard InChI is InChI=1S/C12H16FN3O.HI/c1-16(9-3-4-9)12(14)15-7-8-2-5-11(17)10(13)6-8;/h2,5-6,9,17H,3-4,7H2,1H3,(H2,14,15);1H. The molecule has 1 aromatic carbocycles. The van der Waals surface area contributed by atoms with E-state index in [-0.39, 0.29) is 29.7 Å². The molecule has 0 heterocycles. The van der Waals surface area contributed by atoms with Crippen molar-refractivity contribution >= 4 is 29.9 Å². The predicted octanol–water partition coefficient (Wildman–Crippen LogP) is 2.06. The van der Waals surface area contributed by atoms with Crippen LogP contribution in [-0.2, 0) is 6.54 Å². The summed E-state index contributed by atoms with van der Waals surface area (Å²) in [6.07, 6.45) is 2.31. The Bertz CT molecular complexity index is 449. The van der Waals surface area contributed by atoms with Gasteiger partial charge in [-0.15, -0.1) is 24.0 Å². The Balaban J connectivity index is 0.00000162. The quantitative estimate of drug-likeness (QED) is 0.490. The van der Waals surface area contributed by atoms with Crippen LogP contribution < -0.4 is 5.73 Å². The van der Waals surface area contributed by atoms with Crippen LogP contribution in [0.3, 0.4) is 0 Å². The van der Waals surface area contributed by atoms with E-state index in [4.69, 9.17) is 10.8 Å². The van der Waals surface area contributed by atoms with Crippen molar-refractivity contribution in [1.29, 1.82) is 0 Å². The van der Waals surface area contributed by atoms with E-state index in [0.717, 1.165) is 12.8 Å². The summed E-state index contributed by atoms with van der Waals surface area (Å²) in [5.74, 6) is -0.506. The highest BCUT2D eigenvalue weighted by Crippen LogP contribution is 2.25. The summed E-state index contributed by atoms with van der Waals surface area (Å²) in [7, 11) is 1.91. The zero-order chi connectivity index (χ0) is 12.4. The second-order valence-electron chi connectivity index (χ2n) is 4.30. The van der Waals surface area contributed by atoms with Gasteiger partial charge in [0.25, 0.3) is 0 Å². The Kier molecular flexibility index (Phi) is 5.18. The molecular weight excluding hydrogens is 348 g/mol. The normalized spacial score (nSPS) is 15.1. The number of aliphatic imine (C=N–C) groups is 1. The molecular formula is C12H17FIN3O. The maximum Gasteiger partial charge on any atom is 0.191 e. The van der Waals surface area contributed by atoms with Crippen molar-refractivity contribution in [2.45, 2.75) is 25.4 Å². The third-order valence-electron chi connectivity index (χ3n) is 2.89. The molecule has 1 aliphatic rings. The maximum atomic E-state index is 13.1. The van der Waals surface area contributed by atoms with Crippen molar-refractivity contribution in [3.8, 4) is 5.75 Å². The Hall–Kier alpha value is -1.05. The highest BCUT2D eigenvalue weighted by molar-refractivity contribution is 14.0. The molecule has 0 amide bonds. The maximum absolute atomic E-state index is 13.1. The van der Waals surface area contributed by atoms with Crippen LogP contribution >= 0.6 is 24.0 Å². The van der Waals surface area contributed by atoms with E-state index < -0.39 is 5.82 Å². The van der Waals surface area contributed by atoms with Crippen LogP contribution in [-0.4, -0.2) is 29.1 Å². The minimum Gasteiger partial charge on any atom is -0.505 e. The number of phenolic OH excluding ortho intramolecular Hbond substituents is 1. The van der Waals surface area contributed by atoms with E-state index in [1.54, 1.807) is 6.07 Å². The number of aromatic hydroxyl groups is 1. The molecule has 1 aromatic rings.